The van der Waals surface area contributed by atoms with Crippen LogP contribution in [0.15, 0.2) is 24.3 Å². The Labute approximate surface area is 119 Å². The monoisotopic (exact) mass is 279 g/mol. The van der Waals surface area contributed by atoms with Crippen LogP contribution in [0.3, 0.4) is 0 Å². The first-order chi connectivity index (χ1) is 9.67. The first-order valence-electron chi connectivity index (χ1n) is 6.92. The van der Waals surface area contributed by atoms with E-state index in [0.29, 0.717) is 31.1 Å². The van der Waals surface area contributed by atoms with Gasteiger partial charge in [0.25, 0.3) is 5.91 Å². The third-order valence-electron chi connectivity index (χ3n) is 3.39. The highest BCUT2D eigenvalue weighted by Crippen LogP contribution is 2.23. The summed E-state index contributed by atoms with van der Waals surface area (Å²) >= 11 is 0. The average Bonchev–Trinajstić information content (AvgIpc) is 2.48. The van der Waals surface area contributed by atoms with Gasteiger partial charge in [-0.2, -0.15) is 0 Å². The molecule has 1 aliphatic rings. The van der Waals surface area contributed by atoms with Crippen LogP contribution in [-0.4, -0.2) is 54.4 Å². The predicted octanol–water partition coefficient (Wildman–Crippen LogP) is 1.31. The van der Waals surface area contributed by atoms with Crippen molar-refractivity contribution >= 4 is 5.91 Å². The fourth-order valence-electron chi connectivity index (χ4n) is 2.29. The van der Waals surface area contributed by atoms with Gasteiger partial charge < -0.3 is 19.5 Å². The summed E-state index contributed by atoms with van der Waals surface area (Å²) in [4.78, 5) is 14.4. The number of hydrogen-bond donors (Lipinski definition) is 1. The van der Waals surface area contributed by atoms with Crippen molar-refractivity contribution < 1.29 is 19.4 Å². The summed E-state index contributed by atoms with van der Waals surface area (Å²) in [6.45, 7) is 5.10. The summed E-state index contributed by atoms with van der Waals surface area (Å²) in [5.74, 6) is 0.516. The van der Waals surface area contributed by atoms with Crippen molar-refractivity contribution in [1.29, 1.82) is 0 Å². The normalized spacial score (nSPS) is 22.6. The van der Waals surface area contributed by atoms with Crippen LogP contribution >= 0.6 is 0 Å². The SMILES string of the molecule is CCOc1ccccc1C(=O)N1CC(CO)OCC1C. The number of aliphatic hydroxyl groups excluding tert-OH is 1. The predicted molar refractivity (Wildman–Crippen MR) is 74.9 cm³/mol. The number of amides is 1. The topological polar surface area (TPSA) is 59.0 Å². The van der Waals surface area contributed by atoms with Gasteiger partial charge in [0.15, 0.2) is 0 Å². The molecule has 0 radical (unpaired) electrons. The van der Waals surface area contributed by atoms with Gasteiger partial charge >= 0.3 is 0 Å². The Hall–Kier alpha value is -1.59. The number of ether oxygens (including phenoxy) is 2. The second kappa shape index (κ2) is 6.72. The van der Waals surface area contributed by atoms with Crippen molar-refractivity contribution in [1.82, 2.24) is 4.90 Å². The maximum atomic E-state index is 12.7. The Morgan fingerprint density at radius 2 is 2.25 bits per heavy atom. The van der Waals surface area contributed by atoms with E-state index < -0.39 is 0 Å². The average molecular weight is 279 g/mol. The van der Waals surface area contributed by atoms with Gasteiger partial charge in [0.2, 0.25) is 0 Å². The van der Waals surface area contributed by atoms with Crippen LogP contribution in [0.4, 0.5) is 0 Å². The smallest absolute Gasteiger partial charge is 0.258 e. The third-order valence-corrected chi connectivity index (χ3v) is 3.39. The first-order valence-corrected chi connectivity index (χ1v) is 6.92. The number of carbonyl (C=O) groups excluding carboxylic acids is 1. The molecule has 1 saturated heterocycles. The van der Waals surface area contributed by atoms with E-state index in [-0.39, 0.29) is 24.7 Å². The Morgan fingerprint density at radius 1 is 1.50 bits per heavy atom. The molecule has 2 unspecified atom stereocenters. The minimum atomic E-state index is -0.311. The van der Waals surface area contributed by atoms with Crippen molar-refractivity contribution in [2.24, 2.45) is 0 Å². The number of carbonyl (C=O) groups is 1. The molecular formula is C15H21NO4. The molecule has 110 valence electrons. The van der Waals surface area contributed by atoms with Crippen LogP contribution in [0.2, 0.25) is 0 Å². The molecule has 2 atom stereocenters. The Bertz CT molecular complexity index is 463. The van der Waals surface area contributed by atoms with Gasteiger partial charge in [-0.15, -0.1) is 0 Å². The van der Waals surface area contributed by atoms with Gasteiger partial charge in [0, 0.05) is 6.54 Å². The Balaban J connectivity index is 2.21. The van der Waals surface area contributed by atoms with E-state index >= 15 is 0 Å². The molecule has 1 fully saturated rings. The molecule has 5 heteroatoms. The summed E-state index contributed by atoms with van der Waals surface area (Å²) in [5, 5.41) is 9.20. The summed E-state index contributed by atoms with van der Waals surface area (Å²) < 4.78 is 11.0. The third kappa shape index (κ3) is 3.11. The molecule has 1 N–H and O–H groups in total. The summed E-state index contributed by atoms with van der Waals surface area (Å²) in [6, 6.07) is 7.22. The summed E-state index contributed by atoms with van der Waals surface area (Å²) in [7, 11) is 0. The molecule has 1 aliphatic heterocycles. The highest BCUT2D eigenvalue weighted by Gasteiger charge is 2.31. The maximum absolute atomic E-state index is 12.7. The molecule has 0 saturated carbocycles. The van der Waals surface area contributed by atoms with Crippen LogP contribution in [0.5, 0.6) is 5.75 Å². The number of aliphatic hydroxyl groups is 1. The fourth-order valence-corrected chi connectivity index (χ4v) is 2.29. The van der Waals surface area contributed by atoms with E-state index in [1.165, 1.54) is 0 Å². The van der Waals surface area contributed by atoms with Crippen molar-refractivity contribution in [3.63, 3.8) is 0 Å². The molecule has 1 heterocycles. The van der Waals surface area contributed by atoms with E-state index in [9.17, 15) is 9.90 Å². The van der Waals surface area contributed by atoms with E-state index in [2.05, 4.69) is 0 Å². The number of morpholine rings is 1. The van der Waals surface area contributed by atoms with Gasteiger partial charge in [-0.1, -0.05) is 12.1 Å². The molecular weight excluding hydrogens is 258 g/mol. The number of nitrogens with zero attached hydrogens (tertiary/aromatic N) is 1. The Morgan fingerprint density at radius 3 is 2.95 bits per heavy atom. The van der Waals surface area contributed by atoms with E-state index in [1.807, 2.05) is 26.0 Å². The molecule has 2 rings (SSSR count). The molecule has 0 aliphatic carbocycles. The maximum Gasteiger partial charge on any atom is 0.258 e. The lowest BCUT2D eigenvalue weighted by Crippen LogP contribution is -2.52. The molecule has 20 heavy (non-hydrogen) atoms. The minimum Gasteiger partial charge on any atom is -0.493 e. The largest absolute Gasteiger partial charge is 0.493 e. The van der Waals surface area contributed by atoms with Crippen LogP contribution in [-0.2, 0) is 4.74 Å². The molecule has 0 aromatic heterocycles. The van der Waals surface area contributed by atoms with Crippen LogP contribution in [0.1, 0.15) is 24.2 Å². The van der Waals surface area contributed by atoms with Gasteiger partial charge in [0.1, 0.15) is 5.75 Å². The lowest BCUT2D eigenvalue weighted by atomic mass is 10.1. The molecule has 1 amide bonds. The summed E-state index contributed by atoms with van der Waals surface area (Å²) in [6.07, 6.45) is -0.311. The van der Waals surface area contributed by atoms with E-state index in [1.54, 1.807) is 17.0 Å². The van der Waals surface area contributed by atoms with E-state index in [4.69, 9.17) is 9.47 Å². The van der Waals surface area contributed by atoms with Crippen molar-refractivity contribution in [3.8, 4) is 5.75 Å². The van der Waals surface area contributed by atoms with E-state index in [0.717, 1.165) is 0 Å². The first kappa shape index (κ1) is 14.8. The number of benzene rings is 1. The number of hydrogen-bond acceptors (Lipinski definition) is 4. The minimum absolute atomic E-state index is 0.0139. The molecule has 0 spiro atoms. The zero-order valence-corrected chi connectivity index (χ0v) is 11.9. The zero-order chi connectivity index (χ0) is 14.5. The van der Waals surface area contributed by atoms with Crippen LogP contribution < -0.4 is 4.74 Å². The van der Waals surface area contributed by atoms with Crippen LogP contribution in [0, 0.1) is 0 Å². The molecule has 1 aromatic carbocycles. The fraction of sp³-hybridized carbons (Fsp3) is 0.533. The Kier molecular flexibility index (Phi) is 4.98. The van der Waals surface area contributed by atoms with Crippen LogP contribution in [0.25, 0.3) is 0 Å². The molecule has 5 nitrogen and oxygen atoms in total. The highest BCUT2D eigenvalue weighted by atomic mass is 16.5. The standard InChI is InChI=1S/C15H21NO4/c1-3-19-14-7-5-4-6-13(14)15(18)16-8-12(9-17)20-10-11(16)2/h4-7,11-12,17H,3,8-10H2,1-2H3. The highest BCUT2D eigenvalue weighted by molar-refractivity contribution is 5.97. The lowest BCUT2D eigenvalue weighted by molar-refractivity contribution is -0.0668. The van der Waals surface area contributed by atoms with Gasteiger partial charge in [-0.05, 0) is 26.0 Å². The second-order valence-electron chi connectivity index (χ2n) is 4.87. The van der Waals surface area contributed by atoms with Gasteiger partial charge in [-0.25, -0.2) is 0 Å². The van der Waals surface area contributed by atoms with Gasteiger partial charge in [-0.3, -0.25) is 4.79 Å². The second-order valence-corrected chi connectivity index (χ2v) is 4.87. The number of rotatable bonds is 4. The van der Waals surface area contributed by atoms with Gasteiger partial charge in [0.05, 0.1) is 37.5 Å². The number of para-hydroxylation sites is 1. The van der Waals surface area contributed by atoms with Crippen molar-refractivity contribution in [2.45, 2.75) is 26.0 Å². The van der Waals surface area contributed by atoms with Crippen molar-refractivity contribution in [2.75, 3.05) is 26.4 Å². The summed E-state index contributed by atoms with van der Waals surface area (Å²) in [5.41, 5.74) is 0.555. The zero-order valence-electron chi connectivity index (χ0n) is 11.9. The molecule has 1 aromatic rings. The molecule has 0 bridgehead atoms. The van der Waals surface area contributed by atoms with Crippen molar-refractivity contribution in [3.05, 3.63) is 29.8 Å². The quantitative estimate of drug-likeness (QED) is 0.902. The lowest BCUT2D eigenvalue weighted by Gasteiger charge is -2.37.